The van der Waals surface area contributed by atoms with Crippen LogP contribution in [0.3, 0.4) is 0 Å². The van der Waals surface area contributed by atoms with Crippen LogP contribution in [0.5, 0.6) is 0 Å². The molecule has 8 aromatic rings. The lowest BCUT2D eigenvalue weighted by Gasteiger charge is -2.45. The van der Waals surface area contributed by atoms with E-state index in [1.54, 1.807) is 0 Å². The lowest BCUT2D eigenvalue weighted by molar-refractivity contribution is 0.752. The summed E-state index contributed by atoms with van der Waals surface area (Å²) in [6.07, 6.45) is 1.17. The van der Waals surface area contributed by atoms with E-state index in [9.17, 15) is 0 Å². The van der Waals surface area contributed by atoms with Gasteiger partial charge < -0.3 is 14.7 Å². The first-order valence-electron chi connectivity index (χ1n) is 23.7. The SMILES string of the molecule is CC(C)c1cccc(C(C)C)c1N1[C](c2ccc(N3c4ccccc4C4(c5ccccc5-c5ccccc54)c4ccccc43)cc2)N(c2c(C(C)C)cccc2C(C)C)c2ccccc21. The second-order valence-electron chi connectivity index (χ2n) is 19.4. The first kappa shape index (κ1) is 40.9. The van der Waals surface area contributed by atoms with Gasteiger partial charge in [-0.15, -0.1) is 0 Å². The largest absolute Gasteiger partial charge is 0.310 e. The molecule has 2 heterocycles. The fourth-order valence-corrected chi connectivity index (χ4v) is 11.5. The molecule has 0 unspecified atom stereocenters. The van der Waals surface area contributed by atoms with E-state index in [0.29, 0.717) is 23.7 Å². The predicted octanol–water partition coefficient (Wildman–Crippen LogP) is 17.2. The van der Waals surface area contributed by atoms with Crippen molar-refractivity contribution in [3.8, 4) is 11.1 Å². The van der Waals surface area contributed by atoms with Crippen molar-refractivity contribution >= 4 is 39.8 Å². The molecular weight excluding hydrogens is 787 g/mol. The van der Waals surface area contributed by atoms with Gasteiger partial charge in [0.25, 0.3) is 0 Å². The highest BCUT2D eigenvalue weighted by Gasteiger charge is 2.52. The van der Waals surface area contributed by atoms with Crippen LogP contribution in [0.25, 0.3) is 11.1 Å². The average Bonchev–Trinajstić information content (AvgIpc) is 3.82. The molecule has 0 N–H and O–H groups in total. The zero-order valence-corrected chi connectivity index (χ0v) is 39.0. The average molecular weight is 845 g/mol. The number of anilines is 7. The Morgan fingerprint density at radius 1 is 0.308 bits per heavy atom. The lowest BCUT2D eigenvalue weighted by Crippen LogP contribution is -2.36. The van der Waals surface area contributed by atoms with Crippen molar-refractivity contribution in [3.63, 3.8) is 0 Å². The summed E-state index contributed by atoms with van der Waals surface area (Å²) in [6, 6.07) is 68.8. The molecule has 0 bridgehead atoms. The first-order valence-corrected chi connectivity index (χ1v) is 23.7. The second kappa shape index (κ2) is 15.7. The van der Waals surface area contributed by atoms with Crippen molar-refractivity contribution < 1.29 is 0 Å². The summed E-state index contributed by atoms with van der Waals surface area (Å²) in [6.45, 7) is 18.7. The van der Waals surface area contributed by atoms with Gasteiger partial charge in [0.1, 0.15) is 0 Å². The third kappa shape index (κ3) is 6.01. The van der Waals surface area contributed by atoms with E-state index in [2.05, 4.69) is 252 Å². The van der Waals surface area contributed by atoms with Crippen molar-refractivity contribution in [2.75, 3.05) is 14.7 Å². The van der Waals surface area contributed by atoms with Crippen LogP contribution in [-0.2, 0) is 5.41 Å². The maximum atomic E-state index is 2.61. The van der Waals surface area contributed by atoms with Crippen LogP contribution in [0.1, 0.15) is 129 Å². The summed E-state index contributed by atoms with van der Waals surface area (Å²) >= 11 is 0. The van der Waals surface area contributed by atoms with Crippen molar-refractivity contribution in [1.82, 2.24) is 0 Å². The summed E-state index contributed by atoms with van der Waals surface area (Å²) in [5, 5.41) is 0. The van der Waals surface area contributed by atoms with Gasteiger partial charge in [0.2, 0.25) is 0 Å². The second-order valence-corrected chi connectivity index (χ2v) is 19.4. The van der Waals surface area contributed by atoms with Gasteiger partial charge in [0.05, 0.1) is 39.5 Å². The highest BCUT2D eigenvalue weighted by molar-refractivity contribution is 5.98. The van der Waals surface area contributed by atoms with Crippen molar-refractivity contribution in [2.45, 2.75) is 84.5 Å². The monoisotopic (exact) mass is 844 g/mol. The topological polar surface area (TPSA) is 9.72 Å². The molecule has 0 amide bonds. The third-order valence-corrected chi connectivity index (χ3v) is 14.4. The Morgan fingerprint density at radius 3 is 1.03 bits per heavy atom. The predicted molar refractivity (Wildman–Crippen MR) is 274 cm³/mol. The minimum atomic E-state index is -0.445. The van der Waals surface area contributed by atoms with Gasteiger partial charge in [-0.2, -0.15) is 0 Å². The Bertz CT molecular complexity index is 2860. The molecule has 8 aromatic carbocycles. The molecular formula is C62H58N3. The Kier molecular flexibility index (Phi) is 9.88. The molecule has 0 aromatic heterocycles. The Hall–Kier alpha value is -6.84. The minimum absolute atomic E-state index is 0.323. The summed E-state index contributed by atoms with van der Waals surface area (Å²) < 4.78 is 0. The summed E-state index contributed by atoms with van der Waals surface area (Å²) in [5.74, 6) is 1.29. The van der Waals surface area contributed by atoms with E-state index in [0.717, 1.165) is 5.69 Å². The molecule has 65 heavy (non-hydrogen) atoms. The maximum absolute atomic E-state index is 2.61. The van der Waals surface area contributed by atoms with Crippen LogP contribution in [0.15, 0.2) is 182 Å². The van der Waals surface area contributed by atoms with E-state index in [4.69, 9.17) is 0 Å². The Labute approximate surface area is 386 Å². The van der Waals surface area contributed by atoms with Gasteiger partial charge >= 0.3 is 0 Å². The van der Waals surface area contributed by atoms with Gasteiger partial charge in [-0.1, -0.05) is 201 Å². The molecule has 1 spiro atoms. The molecule has 11 rings (SSSR count). The normalized spacial score (nSPS) is 14.7. The van der Waals surface area contributed by atoms with E-state index in [1.165, 1.54) is 101 Å². The van der Waals surface area contributed by atoms with Gasteiger partial charge in [0, 0.05) is 11.3 Å². The Morgan fingerprint density at radius 2 is 0.646 bits per heavy atom. The highest BCUT2D eigenvalue weighted by atomic mass is 15.4. The van der Waals surface area contributed by atoms with E-state index in [-0.39, 0.29) is 0 Å². The molecule has 0 fully saturated rings. The quantitative estimate of drug-likeness (QED) is 0.151. The number of benzene rings is 8. The fourth-order valence-electron chi connectivity index (χ4n) is 11.5. The van der Waals surface area contributed by atoms with Gasteiger partial charge in [-0.05, 0) is 116 Å². The third-order valence-electron chi connectivity index (χ3n) is 14.4. The lowest BCUT2D eigenvalue weighted by atomic mass is 9.64. The molecule has 3 aliphatic rings. The van der Waals surface area contributed by atoms with Crippen molar-refractivity contribution in [1.29, 1.82) is 0 Å². The van der Waals surface area contributed by atoms with Crippen molar-refractivity contribution in [3.05, 3.63) is 238 Å². The molecule has 0 saturated heterocycles. The van der Waals surface area contributed by atoms with Crippen LogP contribution in [0, 0.1) is 6.17 Å². The number of hydrogen-bond donors (Lipinski definition) is 0. The molecule has 2 aliphatic heterocycles. The van der Waals surface area contributed by atoms with Crippen LogP contribution in [-0.4, -0.2) is 0 Å². The number of fused-ring (bicyclic) bond motifs is 10. The summed E-state index contributed by atoms with van der Waals surface area (Å²) in [7, 11) is 0. The maximum Gasteiger partial charge on any atom is 0.196 e. The molecule has 0 atom stereocenters. The molecule has 3 nitrogen and oxygen atoms in total. The van der Waals surface area contributed by atoms with E-state index in [1.807, 2.05) is 0 Å². The highest BCUT2D eigenvalue weighted by Crippen LogP contribution is 2.64. The minimum Gasteiger partial charge on any atom is -0.310 e. The number of para-hydroxylation sites is 6. The summed E-state index contributed by atoms with van der Waals surface area (Å²) in [5.41, 5.74) is 22.6. The van der Waals surface area contributed by atoms with Gasteiger partial charge in [-0.25, -0.2) is 0 Å². The van der Waals surface area contributed by atoms with E-state index < -0.39 is 5.41 Å². The van der Waals surface area contributed by atoms with Gasteiger partial charge in [0.15, 0.2) is 6.17 Å². The van der Waals surface area contributed by atoms with Crippen molar-refractivity contribution in [2.24, 2.45) is 0 Å². The molecule has 321 valence electrons. The zero-order valence-electron chi connectivity index (χ0n) is 39.0. The van der Waals surface area contributed by atoms with Crippen LogP contribution >= 0.6 is 0 Å². The number of rotatable bonds is 8. The Balaban J connectivity index is 1.14. The molecule has 1 aliphatic carbocycles. The first-order chi connectivity index (χ1) is 31.6. The molecule has 0 saturated carbocycles. The summed E-state index contributed by atoms with van der Waals surface area (Å²) in [4.78, 5) is 7.73. The van der Waals surface area contributed by atoms with E-state index >= 15 is 0 Å². The van der Waals surface area contributed by atoms with Crippen LogP contribution < -0.4 is 14.7 Å². The number of hydrogen-bond acceptors (Lipinski definition) is 3. The van der Waals surface area contributed by atoms with Crippen LogP contribution in [0.4, 0.5) is 39.8 Å². The molecule has 1 radical (unpaired) electrons. The standard InChI is InChI=1S/C62H58N3/c1-39(2)45-23-19-24-46(40(3)4)59(45)64-57-33-17-18-34-58(57)65(60-47(41(5)6)25-20-26-48(60)42(7)8)61(64)43-35-37-44(38-36-43)63-55-31-15-13-29-53(55)62(54-30-14-16-32-56(54)63)51-27-11-9-21-49(51)50-22-10-12-28-52(50)62/h9-42H,1-8H3. The molecule has 3 heteroatoms. The number of nitrogens with zero attached hydrogens (tertiary/aromatic N) is 3. The smallest absolute Gasteiger partial charge is 0.196 e. The fraction of sp³-hybridized carbons (Fsp3) is 0.210. The van der Waals surface area contributed by atoms with Gasteiger partial charge in [-0.3, -0.25) is 0 Å². The zero-order chi connectivity index (χ0) is 44.7. The van der Waals surface area contributed by atoms with Crippen LogP contribution in [0.2, 0.25) is 0 Å².